The van der Waals surface area contributed by atoms with Crippen LogP contribution in [0.3, 0.4) is 0 Å². The van der Waals surface area contributed by atoms with Crippen LogP contribution in [0, 0.1) is 6.92 Å². The molecule has 0 fully saturated rings. The maximum atomic E-state index is 13.0. The minimum Gasteiger partial charge on any atom is -0.331 e. The Labute approximate surface area is 110 Å². The Morgan fingerprint density at radius 3 is 2.58 bits per heavy atom. The van der Waals surface area contributed by atoms with Gasteiger partial charge in [-0.3, -0.25) is 4.90 Å². The minimum absolute atomic E-state index is 0.102. The van der Waals surface area contributed by atoms with E-state index in [2.05, 4.69) is 5.32 Å². The second-order valence-corrected chi connectivity index (χ2v) is 6.22. The van der Waals surface area contributed by atoms with E-state index >= 15 is 0 Å². The molecule has 5 nitrogen and oxygen atoms in total. The topological polar surface area (TPSA) is 66.5 Å². The van der Waals surface area contributed by atoms with Crippen LogP contribution in [0.4, 0.5) is 9.18 Å². The number of rotatable bonds is 3. The molecule has 19 heavy (non-hydrogen) atoms. The van der Waals surface area contributed by atoms with Crippen molar-refractivity contribution in [2.24, 2.45) is 0 Å². The molecule has 0 bridgehead atoms. The zero-order valence-corrected chi connectivity index (χ0v) is 11.1. The van der Waals surface area contributed by atoms with Gasteiger partial charge in [0.05, 0.1) is 11.4 Å². The number of carbonyl (C=O) groups is 1. The zero-order valence-electron chi connectivity index (χ0n) is 10.3. The number of nitrogens with one attached hydrogen (secondary N) is 1. The van der Waals surface area contributed by atoms with E-state index in [0.29, 0.717) is 0 Å². The van der Waals surface area contributed by atoms with E-state index in [-0.39, 0.29) is 11.4 Å². The van der Waals surface area contributed by atoms with E-state index in [4.69, 9.17) is 0 Å². The summed E-state index contributed by atoms with van der Waals surface area (Å²) in [6.07, 6.45) is 0.907. The Bertz CT molecular complexity index is 623. The quantitative estimate of drug-likeness (QED) is 0.916. The van der Waals surface area contributed by atoms with E-state index in [1.54, 1.807) is 12.1 Å². The smallest absolute Gasteiger partial charge is 0.322 e. The molecule has 0 atom stereocenters. The van der Waals surface area contributed by atoms with Gasteiger partial charge in [-0.1, -0.05) is 17.7 Å². The molecule has 0 aliphatic carbocycles. The first-order chi connectivity index (χ1) is 8.88. The van der Waals surface area contributed by atoms with Crippen LogP contribution in [0.2, 0.25) is 0 Å². The lowest BCUT2D eigenvalue weighted by Gasteiger charge is -2.22. The van der Waals surface area contributed by atoms with Crippen molar-refractivity contribution in [2.75, 3.05) is 12.4 Å². The predicted molar refractivity (Wildman–Crippen MR) is 67.7 cm³/mol. The number of benzene rings is 1. The molecule has 1 N–H and O–H groups in total. The van der Waals surface area contributed by atoms with Crippen LogP contribution in [0.5, 0.6) is 0 Å². The van der Waals surface area contributed by atoms with Crippen molar-refractivity contribution >= 4 is 15.9 Å². The molecule has 2 amide bonds. The fraction of sp³-hybridized carbons (Fsp3) is 0.250. The number of urea groups is 1. The Hall–Kier alpha value is -1.89. The lowest BCUT2D eigenvalue weighted by Crippen LogP contribution is -2.43. The number of aryl methyl sites for hydroxylation is 1. The van der Waals surface area contributed by atoms with Gasteiger partial charge in [0.1, 0.15) is 11.7 Å². The third-order valence-corrected chi connectivity index (χ3v) is 4.26. The standard InChI is InChI=1S/C12H13FN2O3S/c1-9-2-4-11(5-3-9)19(17,18)8-15-7-10(13)6-14-12(15)16/h2-5,7H,6,8H2,1H3,(H,14,16). The molecular weight excluding hydrogens is 271 g/mol. The average Bonchev–Trinajstić information content (AvgIpc) is 2.34. The molecule has 0 saturated carbocycles. The van der Waals surface area contributed by atoms with Gasteiger partial charge in [0.15, 0.2) is 9.84 Å². The maximum absolute atomic E-state index is 13.0. The summed E-state index contributed by atoms with van der Waals surface area (Å²) in [4.78, 5) is 12.4. The highest BCUT2D eigenvalue weighted by atomic mass is 32.2. The van der Waals surface area contributed by atoms with E-state index in [1.807, 2.05) is 6.92 Å². The predicted octanol–water partition coefficient (Wildman–Crippen LogP) is 1.56. The summed E-state index contributed by atoms with van der Waals surface area (Å²) in [5, 5.41) is 2.24. The van der Waals surface area contributed by atoms with Crippen LogP contribution in [0.15, 0.2) is 41.2 Å². The molecule has 0 saturated heterocycles. The number of nitrogens with zero attached hydrogens (tertiary/aromatic N) is 1. The summed E-state index contributed by atoms with van der Waals surface area (Å²) >= 11 is 0. The van der Waals surface area contributed by atoms with E-state index in [9.17, 15) is 17.6 Å². The van der Waals surface area contributed by atoms with Gasteiger partial charge < -0.3 is 5.32 Å². The van der Waals surface area contributed by atoms with Crippen molar-refractivity contribution in [3.8, 4) is 0 Å². The molecule has 1 aliphatic rings. The van der Waals surface area contributed by atoms with Gasteiger partial charge in [0, 0.05) is 6.20 Å². The van der Waals surface area contributed by atoms with Gasteiger partial charge in [-0.15, -0.1) is 0 Å². The van der Waals surface area contributed by atoms with E-state index < -0.39 is 27.6 Å². The molecule has 2 rings (SSSR count). The lowest BCUT2D eigenvalue weighted by molar-refractivity contribution is 0.215. The van der Waals surface area contributed by atoms with Gasteiger partial charge in [0.2, 0.25) is 0 Å². The van der Waals surface area contributed by atoms with Gasteiger partial charge >= 0.3 is 6.03 Å². The highest BCUT2D eigenvalue weighted by molar-refractivity contribution is 7.91. The lowest BCUT2D eigenvalue weighted by atomic mass is 10.2. The molecule has 7 heteroatoms. The molecule has 1 aromatic rings. The fourth-order valence-corrected chi connectivity index (χ4v) is 2.89. The highest BCUT2D eigenvalue weighted by Gasteiger charge is 2.25. The highest BCUT2D eigenvalue weighted by Crippen LogP contribution is 2.15. The Morgan fingerprint density at radius 1 is 1.32 bits per heavy atom. The molecule has 1 aliphatic heterocycles. The molecule has 102 valence electrons. The second kappa shape index (κ2) is 5.00. The van der Waals surface area contributed by atoms with Gasteiger partial charge in [-0.05, 0) is 19.1 Å². The largest absolute Gasteiger partial charge is 0.331 e. The summed E-state index contributed by atoms with van der Waals surface area (Å²) in [6.45, 7) is 1.63. The Kier molecular flexibility index (Phi) is 3.57. The van der Waals surface area contributed by atoms with Crippen LogP contribution < -0.4 is 5.32 Å². The van der Waals surface area contributed by atoms with Gasteiger partial charge in [-0.2, -0.15) is 0 Å². The normalized spacial score (nSPS) is 16.0. The number of amides is 2. The van der Waals surface area contributed by atoms with E-state index in [0.717, 1.165) is 16.7 Å². The van der Waals surface area contributed by atoms with Crippen LogP contribution in [0.1, 0.15) is 5.56 Å². The van der Waals surface area contributed by atoms with Gasteiger partial charge in [0.25, 0.3) is 0 Å². The first kappa shape index (κ1) is 13.5. The van der Waals surface area contributed by atoms with Crippen molar-refractivity contribution in [1.82, 2.24) is 10.2 Å². The van der Waals surface area contributed by atoms with Crippen LogP contribution in [0.25, 0.3) is 0 Å². The monoisotopic (exact) mass is 284 g/mol. The van der Waals surface area contributed by atoms with Gasteiger partial charge in [-0.25, -0.2) is 17.6 Å². The molecule has 1 heterocycles. The molecule has 0 spiro atoms. The van der Waals surface area contributed by atoms with Crippen LogP contribution >= 0.6 is 0 Å². The zero-order chi connectivity index (χ0) is 14.0. The molecule has 0 aromatic heterocycles. The van der Waals surface area contributed by atoms with Crippen molar-refractivity contribution in [3.05, 3.63) is 41.9 Å². The number of hydrogen-bond acceptors (Lipinski definition) is 3. The summed E-state index contributed by atoms with van der Waals surface area (Å²) < 4.78 is 37.2. The van der Waals surface area contributed by atoms with E-state index in [1.165, 1.54) is 12.1 Å². The molecule has 0 radical (unpaired) electrons. The summed E-state index contributed by atoms with van der Waals surface area (Å²) in [6, 6.07) is 5.63. The second-order valence-electron chi connectivity index (χ2n) is 4.26. The Morgan fingerprint density at radius 2 is 1.95 bits per heavy atom. The maximum Gasteiger partial charge on any atom is 0.322 e. The average molecular weight is 284 g/mol. The van der Waals surface area contributed by atoms with Crippen molar-refractivity contribution in [3.63, 3.8) is 0 Å². The third-order valence-electron chi connectivity index (χ3n) is 2.65. The van der Waals surface area contributed by atoms with Crippen LogP contribution in [-0.2, 0) is 9.84 Å². The van der Waals surface area contributed by atoms with Crippen molar-refractivity contribution in [2.45, 2.75) is 11.8 Å². The molecule has 1 aromatic carbocycles. The number of sulfone groups is 1. The summed E-state index contributed by atoms with van der Waals surface area (Å²) in [5.41, 5.74) is 0.931. The SMILES string of the molecule is Cc1ccc(S(=O)(=O)CN2C=C(F)CNC2=O)cc1. The number of hydrogen-bond donors (Lipinski definition) is 1. The third kappa shape index (κ3) is 3.11. The van der Waals surface area contributed by atoms with Crippen molar-refractivity contribution < 1.29 is 17.6 Å². The molecule has 0 unspecified atom stereocenters. The molecular formula is C12H13FN2O3S. The minimum atomic E-state index is -3.68. The number of halogens is 1. The first-order valence-corrected chi connectivity index (χ1v) is 7.24. The number of carbonyl (C=O) groups excluding carboxylic acids is 1. The van der Waals surface area contributed by atoms with Crippen LogP contribution in [-0.4, -0.2) is 31.8 Å². The summed E-state index contributed by atoms with van der Waals surface area (Å²) in [5.74, 6) is -1.17. The Balaban J connectivity index is 2.24. The first-order valence-electron chi connectivity index (χ1n) is 5.58. The fourth-order valence-electron chi connectivity index (χ4n) is 1.63. The van der Waals surface area contributed by atoms with Crippen molar-refractivity contribution in [1.29, 1.82) is 0 Å². The summed E-state index contributed by atoms with van der Waals surface area (Å²) in [7, 11) is -3.68.